The summed E-state index contributed by atoms with van der Waals surface area (Å²) in [6, 6.07) is 0.700. The van der Waals surface area contributed by atoms with Crippen LogP contribution in [0.5, 0.6) is 0 Å². The van der Waals surface area contributed by atoms with Gasteiger partial charge in [-0.25, -0.2) is 0 Å². The Morgan fingerprint density at radius 2 is 2.06 bits per heavy atom. The molecule has 1 rings (SSSR count). The minimum atomic E-state index is -0.108. The SMILES string of the molecule is CCC1CCCCN1CCC(=O)NC(C)(C)C. The van der Waals surface area contributed by atoms with Gasteiger partial charge in [-0.05, 0) is 46.6 Å². The van der Waals surface area contributed by atoms with E-state index in [1.54, 1.807) is 0 Å². The smallest absolute Gasteiger partial charge is 0.221 e. The molecule has 3 heteroatoms. The van der Waals surface area contributed by atoms with Crippen LogP contribution in [0.1, 0.15) is 59.8 Å². The highest BCUT2D eigenvalue weighted by atomic mass is 16.1. The molecule has 0 aromatic heterocycles. The molecule has 1 heterocycles. The monoisotopic (exact) mass is 240 g/mol. The molecule has 17 heavy (non-hydrogen) atoms. The minimum Gasteiger partial charge on any atom is -0.351 e. The van der Waals surface area contributed by atoms with Crippen LogP contribution in [0, 0.1) is 0 Å². The summed E-state index contributed by atoms with van der Waals surface area (Å²) in [5.41, 5.74) is -0.108. The topological polar surface area (TPSA) is 32.3 Å². The molecule has 1 N–H and O–H groups in total. The highest BCUT2D eigenvalue weighted by Gasteiger charge is 2.21. The first-order chi connectivity index (χ1) is 7.92. The van der Waals surface area contributed by atoms with Gasteiger partial charge in [-0.3, -0.25) is 9.69 Å². The van der Waals surface area contributed by atoms with E-state index in [2.05, 4.69) is 17.1 Å². The van der Waals surface area contributed by atoms with Gasteiger partial charge in [0.05, 0.1) is 0 Å². The highest BCUT2D eigenvalue weighted by molar-refractivity contribution is 5.76. The Hall–Kier alpha value is -0.570. The molecule has 3 nitrogen and oxygen atoms in total. The Bertz CT molecular complexity index is 245. The number of rotatable bonds is 4. The van der Waals surface area contributed by atoms with Crippen LogP contribution in [-0.4, -0.2) is 35.5 Å². The molecule has 1 fully saturated rings. The molecular formula is C14H28N2O. The summed E-state index contributed by atoms with van der Waals surface area (Å²) in [6.45, 7) is 10.4. The van der Waals surface area contributed by atoms with Crippen molar-refractivity contribution in [3.63, 3.8) is 0 Å². The van der Waals surface area contributed by atoms with Crippen LogP contribution in [-0.2, 0) is 4.79 Å². The van der Waals surface area contributed by atoms with Gasteiger partial charge in [0.1, 0.15) is 0 Å². The maximum atomic E-state index is 11.8. The van der Waals surface area contributed by atoms with Gasteiger partial charge in [0.2, 0.25) is 5.91 Å². The van der Waals surface area contributed by atoms with Gasteiger partial charge >= 0.3 is 0 Å². The molecule has 1 saturated heterocycles. The van der Waals surface area contributed by atoms with Gasteiger partial charge in [0.25, 0.3) is 0 Å². The van der Waals surface area contributed by atoms with Crippen LogP contribution in [0.3, 0.4) is 0 Å². The van der Waals surface area contributed by atoms with E-state index >= 15 is 0 Å². The second kappa shape index (κ2) is 6.39. The largest absolute Gasteiger partial charge is 0.351 e. The van der Waals surface area contributed by atoms with Crippen LogP contribution in [0.4, 0.5) is 0 Å². The fourth-order valence-electron chi connectivity index (χ4n) is 2.54. The third-order valence-corrected chi connectivity index (χ3v) is 3.36. The standard InChI is InChI=1S/C14H28N2O/c1-5-12-8-6-7-10-16(12)11-9-13(17)15-14(2,3)4/h12H,5-11H2,1-4H3,(H,15,17). The first kappa shape index (κ1) is 14.5. The number of carbonyl (C=O) groups is 1. The predicted octanol–water partition coefficient (Wildman–Crippen LogP) is 2.56. The quantitative estimate of drug-likeness (QED) is 0.819. The van der Waals surface area contributed by atoms with E-state index in [0.717, 1.165) is 6.54 Å². The molecule has 0 saturated carbocycles. The van der Waals surface area contributed by atoms with Crippen LogP contribution < -0.4 is 5.32 Å². The van der Waals surface area contributed by atoms with Crippen molar-refractivity contribution >= 4 is 5.91 Å². The van der Waals surface area contributed by atoms with E-state index in [-0.39, 0.29) is 11.4 Å². The second-order valence-corrected chi connectivity index (χ2v) is 6.14. The Kier molecular flexibility index (Phi) is 5.44. The summed E-state index contributed by atoms with van der Waals surface area (Å²) >= 11 is 0. The molecule has 1 atom stereocenters. The molecule has 0 spiro atoms. The molecule has 1 aliphatic heterocycles. The van der Waals surface area contributed by atoms with Crippen molar-refractivity contribution in [1.29, 1.82) is 0 Å². The molecule has 0 aromatic rings. The zero-order valence-electron chi connectivity index (χ0n) is 11.9. The Morgan fingerprint density at radius 3 is 2.65 bits per heavy atom. The number of carbonyl (C=O) groups excluding carboxylic acids is 1. The third-order valence-electron chi connectivity index (χ3n) is 3.36. The lowest BCUT2D eigenvalue weighted by Crippen LogP contribution is -2.44. The summed E-state index contributed by atoms with van der Waals surface area (Å²) in [5.74, 6) is 0.179. The van der Waals surface area contributed by atoms with E-state index in [1.165, 1.54) is 32.2 Å². The summed E-state index contributed by atoms with van der Waals surface area (Å²) < 4.78 is 0. The first-order valence-electron chi connectivity index (χ1n) is 6.97. The lowest BCUT2D eigenvalue weighted by Gasteiger charge is -2.35. The molecule has 100 valence electrons. The van der Waals surface area contributed by atoms with E-state index in [9.17, 15) is 4.79 Å². The maximum absolute atomic E-state index is 11.8. The predicted molar refractivity (Wildman–Crippen MR) is 72.0 cm³/mol. The minimum absolute atomic E-state index is 0.108. The first-order valence-corrected chi connectivity index (χ1v) is 6.97. The van der Waals surface area contributed by atoms with Gasteiger partial charge in [-0.1, -0.05) is 13.3 Å². The zero-order chi connectivity index (χ0) is 12.9. The molecule has 1 unspecified atom stereocenters. The number of amides is 1. The Morgan fingerprint density at radius 1 is 1.35 bits per heavy atom. The van der Waals surface area contributed by atoms with Gasteiger partial charge in [-0.15, -0.1) is 0 Å². The highest BCUT2D eigenvalue weighted by Crippen LogP contribution is 2.19. The number of hydrogen-bond donors (Lipinski definition) is 1. The number of piperidine rings is 1. The third kappa shape index (κ3) is 5.53. The van der Waals surface area contributed by atoms with Gasteiger partial charge in [-0.2, -0.15) is 0 Å². The van der Waals surface area contributed by atoms with Gasteiger partial charge < -0.3 is 5.32 Å². The van der Waals surface area contributed by atoms with Crippen molar-refractivity contribution in [2.24, 2.45) is 0 Å². The molecule has 1 amide bonds. The normalized spacial score (nSPS) is 22.5. The molecule has 1 aliphatic rings. The zero-order valence-corrected chi connectivity index (χ0v) is 11.9. The Balaban J connectivity index is 2.31. The molecule has 0 aliphatic carbocycles. The maximum Gasteiger partial charge on any atom is 0.221 e. The summed E-state index contributed by atoms with van der Waals surface area (Å²) in [5, 5.41) is 3.03. The van der Waals surface area contributed by atoms with Crippen LogP contribution in [0.15, 0.2) is 0 Å². The summed E-state index contributed by atoms with van der Waals surface area (Å²) in [7, 11) is 0. The van der Waals surface area contributed by atoms with Crippen LogP contribution >= 0.6 is 0 Å². The summed E-state index contributed by atoms with van der Waals surface area (Å²) in [4.78, 5) is 14.3. The lowest BCUT2D eigenvalue weighted by atomic mass is 10.00. The van der Waals surface area contributed by atoms with E-state index in [4.69, 9.17) is 0 Å². The van der Waals surface area contributed by atoms with Crippen molar-refractivity contribution < 1.29 is 4.79 Å². The van der Waals surface area contributed by atoms with Crippen molar-refractivity contribution in [3.8, 4) is 0 Å². The second-order valence-electron chi connectivity index (χ2n) is 6.14. The number of hydrogen-bond acceptors (Lipinski definition) is 2. The fourth-order valence-corrected chi connectivity index (χ4v) is 2.54. The molecular weight excluding hydrogens is 212 g/mol. The molecule has 0 radical (unpaired) electrons. The van der Waals surface area contributed by atoms with Crippen molar-refractivity contribution in [2.45, 2.75) is 71.4 Å². The van der Waals surface area contributed by atoms with Crippen molar-refractivity contribution in [3.05, 3.63) is 0 Å². The summed E-state index contributed by atoms with van der Waals surface area (Å²) in [6.07, 6.45) is 5.78. The Labute approximate surface area is 106 Å². The molecule has 0 bridgehead atoms. The number of likely N-dealkylation sites (tertiary alicyclic amines) is 1. The van der Waals surface area contributed by atoms with E-state index in [0.29, 0.717) is 12.5 Å². The van der Waals surface area contributed by atoms with Crippen LogP contribution in [0.25, 0.3) is 0 Å². The van der Waals surface area contributed by atoms with Gasteiger partial charge in [0, 0.05) is 24.5 Å². The van der Waals surface area contributed by atoms with Crippen molar-refractivity contribution in [2.75, 3.05) is 13.1 Å². The van der Waals surface area contributed by atoms with E-state index in [1.807, 2.05) is 20.8 Å². The average molecular weight is 240 g/mol. The number of nitrogens with zero attached hydrogens (tertiary/aromatic N) is 1. The lowest BCUT2D eigenvalue weighted by molar-refractivity contribution is -0.123. The van der Waals surface area contributed by atoms with Gasteiger partial charge in [0.15, 0.2) is 0 Å². The van der Waals surface area contributed by atoms with Crippen molar-refractivity contribution in [1.82, 2.24) is 10.2 Å². The fraction of sp³-hybridized carbons (Fsp3) is 0.929. The van der Waals surface area contributed by atoms with Crippen LogP contribution in [0.2, 0.25) is 0 Å². The molecule has 0 aromatic carbocycles. The van der Waals surface area contributed by atoms with E-state index < -0.39 is 0 Å². The average Bonchev–Trinajstić information content (AvgIpc) is 2.24. The number of nitrogens with one attached hydrogen (secondary N) is 1.